The number of anilines is 1. The third-order valence-electron chi connectivity index (χ3n) is 3.33. The molecule has 1 aliphatic rings. The molecule has 0 saturated heterocycles. The van der Waals surface area contributed by atoms with Crippen molar-refractivity contribution in [3.63, 3.8) is 0 Å². The van der Waals surface area contributed by atoms with Crippen LogP contribution in [0, 0.1) is 5.92 Å². The molecule has 0 aliphatic heterocycles. The summed E-state index contributed by atoms with van der Waals surface area (Å²) in [6, 6.07) is 6.32. The summed E-state index contributed by atoms with van der Waals surface area (Å²) in [5.41, 5.74) is 7.38. The highest BCUT2D eigenvalue weighted by Gasteiger charge is 2.26. The van der Waals surface area contributed by atoms with E-state index in [4.69, 9.17) is 10.3 Å². The molecule has 1 aromatic heterocycles. The second-order valence-corrected chi connectivity index (χ2v) is 4.92. The minimum absolute atomic E-state index is 0.113. The van der Waals surface area contributed by atoms with E-state index in [9.17, 15) is 8.78 Å². The van der Waals surface area contributed by atoms with Gasteiger partial charge in [0.25, 0.3) is 0 Å². The Labute approximate surface area is 114 Å². The van der Waals surface area contributed by atoms with Crippen molar-refractivity contribution >= 4 is 5.82 Å². The monoisotopic (exact) mass is 280 g/mol. The van der Waals surface area contributed by atoms with Crippen molar-refractivity contribution in [1.82, 2.24) is 5.16 Å². The van der Waals surface area contributed by atoms with Crippen molar-refractivity contribution in [2.24, 2.45) is 5.92 Å². The number of nitrogens with two attached hydrogens (primary N) is 1. The lowest BCUT2D eigenvalue weighted by Gasteiger charge is -2.06. The van der Waals surface area contributed by atoms with Gasteiger partial charge in [-0.05, 0) is 36.5 Å². The standard InChI is InChI=1S/C14H14F2N2O2/c15-14(16)19-10-5-3-9(4-6-10)12-11(7-8-1-2-8)20-18-13(12)17/h3-6,8,14H,1-2,7H2,(H2,17,18). The molecule has 4 nitrogen and oxygen atoms in total. The van der Waals surface area contributed by atoms with Crippen LogP contribution in [-0.2, 0) is 6.42 Å². The Morgan fingerprint density at radius 2 is 2.00 bits per heavy atom. The van der Waals surface area contributed by atoms with Gasteiger partial charge in [0, 0.05) is 6.42 Å². The SMILES string of the molecule is Nc1noc(CC2CC2)c1-c1ccc(OC(F)F)cc1. The first-order chi connectivity index (χ1) is 9.63. The Hall–Kier alpha value is -2.11. The number of alkyl halides is 2. The molecule has 0 atom stereocenters. The zero-order valence-electron chi connectivity index (χ0n) is 10.7. The van der Waals surface area contributed by atoms with Crippen molar-refractivity contribution in [2.45, 2.75) is 25.9 Å². The smallest absolute Gasteiger partial charge is 0.387 e. The van der Waals surface area contributed by atoms with E-state index in [0.717, 1.165) is 23.3 Å². The van der Waals surface area contributed by atoms with Gasteiger partial charge in [-0.3, -0.25) is 0 Å². The van der Waals surface area contributed by atoms with E-state index >= 15 is 0 Å². The molecule has 3 rings (SSSR count). The zero-order chi connectivity index (χ0) is 14.1. The molecule has 0 unspecified atom stereocenters. The summed E-state index contributed by atoms with van der Waals surface area (Å²) < 4.78 is 33.8. The number of rotatable bonds is 5. The Morgan fingerprint density at radius 1 is 1.30 bits per heavy atom. The summed E-state index contributed by atoms with van der Waals surface area (Å²) >= 11 is 0. The predicted molar refractivity (Wildman–Crippen MR) is 69.4 cm³/mol. The first kappa shape index (κ1) is 12.9. The Bertz CT molecular complexity index is 592. The Kier molecular flexibility index (Phi) is 3.30. The van der Waals surface area contributed by atoms with E-state index in [1.807, 2.05) is 0 Å². The predicted octanol–water partition coefficient (Wildman–Crippen LogP) is 3.48. The third-order valence-corrected chi connectivity index (χ3v) is 3.33. The topological polar surface area (TPSA) is 61.3 Å². The average molecular weight is 280 g/mol. The largest absolute Gasteiger partial charge is 0.435 e. The lowest BCUT2D eigenvalue weighted by molar-refractivity contribution is -0.0498. The lowest BCUT2D eigenvalue weighted by atomic mass is 10.0. The first-order valence-corrected chi connectivity index (χ1v) is 6.42. The average Bonchev–Trinajstić information content (AvgIpc) is 3.14. The normalized spacial score (nSPS) is 14.8. The maximum Gasteiger partial charge on any atom is 0.387 e. The van der Waals surface area contributed by atoms with E-state index in [0.29, 0.717) is 11.7 Å². The number of nitrogens with zero attached hydrogens (tertiary/aromatic N) is 1. The number of halogens is 2. The van der Waals surface area contributed by atoms with Crippen LogP contribution in [0.2, 0.25) is 0 Å². The fraction of sp³-hybridized carbons (Fsp3) is 0.357. The van der Waals surface area contributed by atoms with E-state index in [-0.39, 0.29) is 5.75 Å². The van der Waals surface area contributed by atoms with Gasteiger partial charge in [0.15, 0.2) is 5.82 Å². The van der Waals surface area contributed by atoms with Crippen molar-refractivity contribution in [1.29, 1.82) is 0 Å². The number of benzene rings is 1. The van der Waals surface area contributed by atoms with Gasteiger partial charge < -0.3 is 15.0 Å². The molecule has 0 spiro atoms. The van der Waals surface area contributed by atoms with Crippen LogP contribution in [0.5, 0.6) is 5.75 Å². The van der Waals surface area contributed by atoms with E-state index in [1.165, 1.54) is 25.0 Å². The number of aromatic nitrogens is 1. The molecule has 106 valence electrons. The molecular formula is C14H14F2N2O2. The van der Waals surface area contributed by atoms with Crippen molar-refractivity contribution < 1.29 is 18.0 Å². The highest BCUT2D eigenvalue weighted by Crippen LogP contribution is 2.38. The number of hydrogen-bond acceptors (Lipinski definition) is 4. The molecule has 1 aliphatic carbocycles. The van der Waals surface area contributed by atoms with Gasteiger partial charge in [-0.25, -0.2) is 0 Å². The van der Waals surface area contributed by atoms with Crippen LogP contribution in [0.4, 0.5) is 14.6 Å². The van der Waals surface area contributed by atoms with Crippen LogP contribution < -0.4 is 10.5 Å². The van der Waals surface area contributed by atoms with Crippen molar-refractivity contribution in [2.75, 3.05) is 5.73 Å². The van der Waals surface area contributed by atoms with Crippen LogP contribution in [0.3, 0.4) is 0 Å². The molecule has 6 heteroatoms. The minimum Gasteiger partial charge on any atom is -0.435 e. The summed E-state index contributed by atoms with van der Waals surface area (Å²) in [7, 11) is 0. The minimum atomic E-state index is -2.83. The van der Waals surface area contributed by atoms with E-state index in [1.54, 1.807) is 12.1 Å². The second-order valence-electron chi connectivity index (χ2n) is 4.92. The quantitative estimate of drug-likeness (QED) is 0.910. The zero-order valence-corrected chi connectivity index (χ0v) is 10.7. The molecule has 0 amide bonds. The van der Waals surface area contributed by atoms with Crippen LogP contribution in [0.1, 0.15) is 18.6 Å². The highest BCUT2D eigenvalue weighted by molar-refractivity contribution is 5.75. The number of ether oxygens (including phenoxy) is 1. The third kappa shape index (κ3) is 2.74. The molecule has 2 N–H and O–H groups in total. The number of nitrogen functional groups attached to an aromatic ring is 1. The summed E-state index contributed by atoms with van der Waals surface area (Å²) in [6.45, 7) is -2.83. The molecule has 1 heterocycles. The maximum absolute atomic E-state index is 12.1. The molecule has 2 aromatic rings. The molecular weight excluding hydrogens is 266 g/mol. The summed E-state index contributed by atoms with van der Waals surface area (Å²) in [5, 5.41) is 3.80. The molecule has 0 radical (unpaired) electrons. The van der Waals surface area contributed by atoms with Crippen molar-refractivity contribution in [3.05, 3.63) is 30.0 Å². The molecule has 20 heavy (non-hydrogen) atoms. The molecule has 1 aromatic carbocycles. The van der Waals surface area contributed by atoms with Gasteiger partial charge in [0.05, 0.1) is 5.56 Å². The van der Waals surface area contributed by atoms with Gasteiger partial charge in [0.2, 0.25) is 0 Å². The van der Waals surface area contributed by atoms with Gasteiger partial charge >= 0.3 is 6.61 Å². The molecule has 1 saturated carbocycles. The maximum atomic E-state index is 12.1. The second kappa shape index (κ2) is 5.11. The highest BCUT2D eigenvalue weighted by atomic mass is 19.3. The van der Waals surface area contributed by atoms with Gasteiger partial charge in [-0.15, -0.1) is 0 Å². The molecule has 1 fully saturated rings. The Morgan fingerprint density at radius 3 is 2.60 bits per heavy atom. The van der Waals surface area contributed by atoms with Gasteiger partial charge in [-0.1, -0.05) is 17.3 Å². The summed E-state index contributed by atoms with van der Waals surface area (Å²) in [5.74, 6) is 1.83. The summed E-state index contributed by atoms with van der Waals surface area (Å²) in [6.07, 6.45) is 3.21. The lowest BCUT2D eigenvalue weighted by Crippen LogP contribution is -2.01. The fourth-order valence-corrected chi connectivity index (χ4v) is 2.17. The summed E-state index contributed by atoms with van der Waals surface area (Å²) in [4.78, 5) is 0. The van der Waals surface area contributed by atoms with Gasteiger partial charge in [0.1, 0.15) is 11.5 Å². The fourth-order valence-electron chi connectivity index (χ4n) is 2.17. The molecule has 0 bridgehead atoms. The van der Waals surface area contributed by atoms with Crippen LogP contribution in [-0.4, -0.2) is 11.8 Å². The van der Waals surface area contributed by atoms with E-state index in [2.05, 4.69) is 9.89 Å². The van der Waals surface area contributed by atoms with E-state index < -0.39 is 6.61 Å². The van der Waals surface area contributed by atoms with Gasteiger partial charge in [-0.2, -0.15) is 8.78 Å². The van der Waals surface area contributed by atoms with Crippen LogP contribution >= 0.6 is 0 Å². The Balaban J connectivity index is 1.86. The van der Waals surface area contributed by atoms with Crippen molar-refractivity contribution in [3.8, 4) is 16.9 Å². The van der Waals surface area contributed by atoms with Crippen LogP contribution in [0.15, 0.2) is 28.8 Å². The van der Waals surface area contributed by atoms with Crippen LogP contribution in [0.25, 0.3) is 11.1 Å². The number of hydrogen-bond donors (Lipinski definition) is 1. The first-order valence-electron chi connectivity index (χ1n) is 6.42.